The zero-order valence-corrected chi connectivity index (χ0v) is 14.5. The van der Waals surface area contributed by atoms with Crippen molar-refractivity contribution < 1.29 is 108 Å². The van der Waals surface area contributed by atoms with Crippen LogP contribution in [-0.4, -0.2) is 46.4 Å². The molecule has 1 fully saturated rings. The molecule has 0 amide bonds. The first-order valence-electron chi connectivity index (χ1n) is 4.13. The molecule has 20 heavy (non-hydrogen) atoms. The number of aliphatic carboxylic acids is 3. The van der Waals surface area contributed by atoms with E-state index in [0.717, 1.165) is 0 Å². The van der Waals surface area contributed by atoms with Gasteiger partial charge in [-0.15, -0.1) is 0 Å². The number of epoxide rings is 1. The summed E-state index contributed by atoms with van der Waals surface area (Å²) in [5, 5.41) is 34.7. The average molecular weight is 308 g/mol. The molecule has 0 aromatic rings. The molecule has 2 N–H and O–H groups in total. The number of hydrogen-bond donors (Lipinski definition) is 2. The first-order valence-corrected chi connectivity index (χ1v) is 4.13. The van der Waals surface area contributed by atoms with Gasteiger partial charge in [0.1, 0.15) is 0 Å². The molecule has 100 valence electrons. The van der Waals surface area contributed by atoms with E-state index < -0.39 is 36.1 Å². The fourth-order valence-corrected chi connectivity index (χ4v) is 0.667. The number of carbonyl (C=O) groups excluding carboxylic acids is 3. The normalized spacial score (nSPS) is 18.4. The molecule has 0 aromatic heterocycles. The van der Waals surface area contributed by atoms with Crippen LogP contribution in [0.2, 0.25) is 0 Å². The van der Waals surface area contributed by atoms with E-state index in [1.165, 1.54) is 0 Å². The molecule has 12 heteroatoms. The molecule has 1 aliphatic heterocycles. The van der Waals surface area contributed by atoms with E-state index in [9.17, 15) is 29.4 Å². The van der Waals surface area contributed by atoms with Crippen LogP contribution < -0.4 is 69.3 Å². The molecule has 0 bridgehead atoms. The second-order valence-electron chi connectivity index (χ2n) is 2.70. The molecule has 1 aliphatic rings. The molecule has 0 radical (unpaired) electrons. The van der Waals surface area contributed by atoms with Crippen molar-refractivity contribution in [1.82, 2.24) is 0 Å². The third kappa shape index (κ3) is 11.4. The van der Waals surface area contributed by atoms with Gasteiger partial charge in [0.25, 0.3) is 0 Å². The molecule has 10 nitrogen and oxygen atoms in total. The largest absolute Gasteiger partial charge is 1.00 e. The van der Waals surface area contributed by atoms with Crippen molar-refractivity contribution >= 4 is 23.9 Å². The van der Waals surface area contributed by atoms with Gasteiger partial charge in [0, 0.05) is 0 Å². The summed E-state index contributed by atoms with van der Waals surface area (Å²) >= 11 is 0. The number of rotatable bonds is 4. The Labute approximate surface area is 155 Å². The van der Waals surface area contributed by atoms with E-state index in [4.69, 9.17) is 10.4 Å². The second kappa shape index (κ2) is 12.3. The van der Waals surface area contributed by atoms with Gasteiger partial charge in [0.05, 0.1) is 11.9 Å². The first-order chi connectivity index (χ1) is 8.29. The summed E-state index contributed by atoms with van der Waals surface area (Å²) in [7, 11) is 0. The van der Waals surface area contributed by atoms with Crippen molar-refractivity contribution in [3.63, 3.8) is 0 Å². The summed E-state index contributed by atoms with van der Waals surface area (Å²) in [5.74, 6) is -5.41. The molecule has 0 aromatic carbocycles. The van der Waals surface area contributed by atoms with E-state index in [0.29, 0.717) is 12.2 Å². The molecule has 1 saturated heterocycles. The monoisotopic (exact) mass is 308 g/mol. The Morgan fingerprint density at radius 1 is 1.00 bits per heavy atom. The molecule has 0 spiro atoms. The van der Waals surface area contributed by atoms with Gasteiger partial charge in [-0.05, 0) is 12.2 Å². The minimum absolute atomic E-state index is 0. The van der Waals surface area contributed by atoms with E-state index in [1.807, 2.05) is 0 Å². The van der Waals surface area contributed by atoms with Crippen molar-refractivity contribution in [1.29, 1.82) is 0 Å². The maximum Gasteiger partial charge on any atom is 1.00 e. The summed E-state index contributed by atoms with van der Waals surface area (Å²) in [6.45, 7) is 0. The minimum Gasteiger partial charge on any atom is -0.545 e. The summed E-state index contributed by atoms with van der Waals surface area (Å²) in [6.07, 6.45) is -1.52. The average Bonchev–Trinajstić information content (AvgIpc) is 3.06. The molecule has 1 heterocycles. The Kier molecular flexibility index (Phi) is 15.1. The van der Waals surface area contributed by atoms with Crippen LogP contribution in [-0.2, 0) is 28.8 Å². The Bertz CT molecular complexity index is 377. The van der Waals surface area contributed by atoms with Gasteiger partial charge in [-0.2, -0.15) is 5.26 Å². The number of carboxylic acid groups (broad SMARTS) is 3. The molecule has 1 rings (SSSR count). The van der Waals surface area contributed by atoms with E-state index in [2.05, 4.69) is 9.62 Å². The Hall–Kier alpha value is -0.460. The van der Waals surface area contributed by atoms with Gasteiger partial charge in [-0.3, -0.25) is 4.89 Å². The van der Waals surface area contributed by atoms with Gasteiger partial charge in [0.15, 0.2) is 12.2 Å². The fourth-order valence-electron chi connectivity index (χ4n) is 0.667. The first kappa shape index (κ1) is 24.6. The summed E-state index contributed by atoms with van der Waals surface area (Å²) in [6, 6.07) is 0. The van der Waals surface area contributed by atoms with Crippen molar-refractivity contribution in [2.24, 2.45) is 0 Å². The standard InChI is InChI=1S/C4H4O6.C4H4O4.2Na/c5-3(6)1-2(9-1)4(7)10-8;5-3(6)1-2-4(7)8;;/h1-2,8H,(H,5,6);1-2H,(H,5,6)(H,7,8);;/q;;2*+1/p-2/b;2-1+;;. The van der Waals surface area contributed by atoms with Gasteiger partial charge in [-0.1, -0.05) is 0 Å². The SMILES string of the molecule is O=C(O)C1OC1C(=O)OO.O=C([O-])/C=C/C(=O)[O-].[Na+].[Na+]. The number of carboxylic acids is 3. The zero-order chi connectivity index (χ0) is 14.3. The van der Waals surface area contributed by atoms with Crippen molar-refractivity contribution in [2.45, 2.75) is 12.2 Å². The summed E-state index contributed by atoms with van der Waals surface area (Å²) in [5.41, 5.74) is 0. The summed E-state index contributed by atoms with van der Waals surface area (Å²) in [4.78, 5) is 42.3. The van der Waals surface area contributed by atoms with Crippen LogP contribution in [0.15, 0.2) is 12.2 Å². The second-order valence-corrected chi connectivity index (χ2v) is 2.70. The molecule has 0 saturated carbocycles. The van der Waals surface area contributed by atoms with Gasteiger partial charge in [-0.25, -0.2) is 9.59 Å². The van der Waals surface area contributed by atoms with E-state index >= 15 is 0 Å². The molecule has 2 unspecified atom stereocenters. The predicted molar refractivity (Wildman–Crippen MR) is 44.2 cm³/mol. The molecule has 2 atom stereocenters. The maximum absolute atomic E-state index is 10.2. The predicted octanol–water partition coefficient (Wildman–Crippen LogP) is -10.1. The summed E-state index contributed by atoms with van der Waals surface area (Å²) < 4.78 is 4.30. The van der Waals surface area contributed by atoms with Crippen LogP contribution in [0.25, 0.3) is 0 Å². The number of hydrogen-bond acceptors (Lipinski definition) is 9. The molecular formula is C8H6Na2O10. The van der Waals surface area contributed by atoms with Crippen LogP contribution in [0, 0.1) is 0 Å². The third-order valence-electron chi connectivity index (χ3n) is 1.41. The minimum atomic E-state index is -1.55. The van der Waals surface area contributed by atoms with Gasteiger partial charge in [0.2, 0.25) is 0 Å². The maximum atomic E-state index is 10.2. The Morgan fingerprint density at radius 3 is 1.60 bits per heavy atom. The third-order valence-corrected chi connectivity index (χ3v) is 1.41. The van der Waals surface area contributed by atoms with E-state index in [1.54, 1.807) is 0 Å². The fraction of sp³-hybridized carbons (Fsp3) is 0.250. The quantitative estimate of drug-likeness (QED) is 0.166. The van der Waals surface area contributed by atoms with Gasteiger partial charge < -0.3 is 29.6 Å². The van der Waals surface area contributed by atoms with Crippen molar-refractivity contribution in [3.05, 3.63) is 12.2 Å². The van der Waals surface area contributed by atoms with Crippen molar-refractivity contribution in [2.75, 3.05) is 0 Å². The van der Waals surface area contributed by atoms with Crippen molar-refractivity contribution in [3.8, 4) is 0 Å². The van der Waals surface area contributed by atoms with Crippen LogP contribution >= 0.6 is 0 Å². The number of ether oxygens (including phenoxy) is 1. The molecular weight excluding hydrogens is 302 g/mol. The zero-order valence-electron chi connectivity index (χ0n) is 10.5. The van der Waals surface area contributed by atoms with Crippen LogP contribution in [0.5, 0.6) is 0 Å². The topological polar surface area (TPSA) is 177 Å². The Morgan fingerprint density at radius 2 is 1.40 bits per heavy atom. The van der Waals surface area contributed by atoms with Gasteiger partial charge >= 0.3 is 71.1 Å². The molecule has 0 aliphatic carbocycles. The Balaban J connectivity index is -0.000000269. The van der Waals surface area contributed by atoms with Crippen LogP contribution in [0.3, 0.4) is 0 Å². The smallest absolute Gasteiger partial charge is 0.545 e. The van der Waals surface area contributed by atoms with Crippen LogP contribution in [0.1, 0.15) is 0 Å². The van der Waals surface area contributed by atoms with E-state index in [-0.39, 0.29) is 59.1 Å². The number of carbonyl (C=O) groups is 4. The van der Waals surface area contributed by atoms with Crippen LogP contribution in [0.4, 0.5) is 0 Å².